The third-order valence-corrected chi connectivity index (χ3v) is 3.45. The van der Waals surface area contributed by atoms with E-state index >= 15 is 0 Å². The second kappa shape index (κ2) is 6.75. The molecule has 2 heterocycles. The zero-order valence-electron chi connectivity index (χ0n) is 10.9. The SMILES string of the molecule is Cc1c(NC(=O)CCC2CCNC2)cnn1C.Cl. The van der Waals surface area contributed by atoms with Crippen molar-refractivity contribution in [1.82, 2.24) is 15.1 Å². The van der Waals surface area contributed by atoms with E-state index in [0.717, 1.165) is 30.9 Å². The number of carbonyl (C=O) groups is 1. The molecule has 0 aromatic carbocycles. The first-order valence-electron chi connectivity index (χ1n) is 6.16. The van der Waals surface area contributed by atoms with E-state index in [-0.39, 0.29) is 18.3 Å². The van der Waals surface area contributed by atoms with Crippen molar-refractivity contribution in [3.05, 3.63) is 11.9 Å². The maximum atomic E-state index is 11.8. The number of hydrogen-bond donors (Lipinski definition) is 2. The first kappa shape index (κ1) is 15.0. The van der Waals surface area contributed by atoms with Crippen LogP contribution in [0, 0.1) is 12.8 Å². The zero-order chi connectivity index (χ0) is 12.3. The lowest BCUT2D eigenvalue weighted by Crippen LogP contribution is -2.15. The number of aryl methyl sites for hydroxylation is 1. The Bertz CT molecular complexity index is 399. The molecule has 1 aliphatic heterocycles. The van der Waals surface area contributed by atoms with Gasteiger partial charge >= 0.3 is 0 Å². The fraction of sp³-hybridized carbons (Fsp3) is 0.667. The maximum absolute atomic E-state index is 11.8. The first-order chi connectivity index (χ1) is 8.16. The average molecular weight is 273 g/mol. The van der Waals surface area contributed by atoms with Gasteiger partial charge in [-0.15, -0.1) is 12.4 Å². The summed E-state index contributed by atoms with van der Waals surface area (Å²) < 4.78 is 1.76. The number of carbonyl (C=O) groups excluding carboxylic acids is 1. The molecule has 0 aliphatic carbocycles. The highest BCUT2D eigenvalue weighted by atomic mass is 35.5. The van der Waals surface area contributed by atoms with Gasteiger partial charge in [-0.25, -0.2) is 0 Å². The second-order valence-electron chi connectivity index (χ2n) is 4.71. The van der Waals surface area contributed by atoms with Crippen molar-refractivity contribution < 1.29 is 4.79 Å². The summed E-state index contributed by atoms with van der Waals surface area (Å²) in [5.41, 5.74) is 1.81. The number of nitrogens with zero attached hydrogens (tertiary/aromatic N) is 2. The van der Waals surface area contributed by atoms with Crippen molar-refractivity contribution in [1.29, 1.82) is 0 Å². The summed E-state index contributed by atoms with van der Waals surface area (Å²) in [6.07, 6.45) is 4.46. The minimum Gasteiger partial charge on any atom is -0.323 e. The highest BCUT2D eigenvalue weighted by Crippen LogP contribution is 2.16. The van der Waals surface area contributed by atoms with Crippen LogP contribution < -0.4 is 10.6 Å². The van der Waals surface area contributed by atoms with Gasteiger partial charge in [-0.2, -0.15) is 5.10 Å². The fourth-order valence-corrected chi connectivity index (χ4v) is 2.13. The van der Waals surface area contributed by atoms with Crippen molar-refractivity contribution in [3.8, 4) is 0 Å². The Morgan fingerprint density at radius 3 is 3.00 bits per heavy atom. The number of amides is 1. The van der Waals surface area contributed by atoms with Crippen molar-refractivity contribution >= 4 is 24.0 Å². The van der Waals surface area contributed by atoms with E-state index in [1.165, 1.54) is 6.42 Å². The molecule has 2 N–H and O–H groups in total. The number of halogens is 1. The number of rotatable bonds is 4. The molecule has 1 saturated heterocycles. The molecule has 6 heteroatoms. The van der Waals surface area contributed by atoms with E-state index in [1.54, 1.807) is 10.9 Å². The Kier molecular flexibility index (Phi) is 5.62. The largest absolute Gasteiger partial charge is 0.323 e. The highest BCUT2D eigenvalue weighted by Gasteiger charge is 2.16. The molecule has 0 spiro atoms. The molecule has 1 atom stereocenters. The Labute approximate surface area is 114 Å². The van der Waals surface area contributed by atoms with Crippen LogP contribution in [0.15, 0.2) is 6.20 Å². The van der Waals surface area contributed by atoms with Gasteiger partial charge in [0.2, 0.25) is 5.91 Å². The monoisotopic (exact) mass is 272 g/mol. The van der Waals surface area contributed by atoms with Crippen LogP contribution in [-0.2, 0) is 11.8 Å². The normalized spacial score (nSPS) is 18.4. The minimum absolute atomic E-state index is 0. The summed E-state index contributed by atoms with van der Waals surface area (Å²) in [4.78, 5) is 11.8. The molecule has 0 radical (unpaired) electrons. The third-order valence-electron chi connectivity index (χ3n) is 3.45. The van der Waals surface area contributed by atoms with E-state index in [0.29, 0.717) is 12.3 Å². The van der Waals surface area contributed by atoms with Crippen LogP contribution in [0.25, 0.3) is 0 Å². The highest BCUT2D eigenvalue weighted by molar-refractivity contribution is 5.91. The minimum atomic E-state index is 0. The van der Waals surface area contributed by atoms with Crippen molar-refractivity contribution in [3.63, 3.8) is 0 Å². The summed E-state index contributed by atoms with van der Waals surface area (Å²) >= 11 is 0. The molecule has 0 saturated carbocycles. The van der Waals surface area contributed by atoms with Gasteiger partial charge in [0.15, 0.2) is 0 Å². The molecular formula is C12H21ClN4O. The lowest BCUT2D eigenvalue weighted by Gasteiger charge is -2.08. The van der Waals surface area contributed by atoms with E-state index < -0.39 is 0 Å². The van der Waals surface area contributed by atoms with Gasteiger partial charge in [-0.1, -0.05) is 0 Å². The van der Waals surface area contributed by atoms with Gasteiger partial charge in [0, 0.05) is 13.5 Å². The van der Waals surface area contributed by atoms with Crippen molar-refractivity contribution in [2.24, 2.45) is 13.0 Å². The van der Waals surface area contributed by atoms with Crippen LogP contribution in [0.3, 0.4) is 0 Å². The van der Waals surface area contributed by atoms with Crippen LogP contribution in [0.4, 0.5) is 5.69 Å². The average Bonchev–Trinajstić information content (AvgIpc) is 2.92. The first-order valence-corrected chi connectivity index (χ1v) is 6.16. The molecule has 1 aromatic heterocycles. The molecular weight excluding hydrogens is 252 g/mol. The molecule has 5 nitrogen and oxygen atoms in total. The molecule has 102 valence electrons. The maximum Gasteiger partial charge on any atom is 0.224 e. The van der Waals surface area contributed by atoms with Gasteiger partial charge < -0.3 is 10.6 Å². The van der Waals surface area contributed by atoms with Crippen LogP contribution in [0.2, 0.25) is 0 Å². The Morgan fingerprint density at radius 1 is 1.67 bits per heavy atom. The van der Waals surface area contributed by atoms with Gasteiger partial charge in [0.05, 0.1) is 17.6 Å². The Balaban J connectivity index is 0.00000162. The van der Waals surface area contributed by atoms with Crippen LogP contribution in [0.5, 0.6) is 0 Å². The van der Waals surface area contributed by atoms with Crippen molar-refractivity contribution in [2.75, 3.05) is 18.4 Å². The standard InChI is InChI=1S/C12H20N4O.ClH/c1-9-11(8-14-16(9)2)15-12(17)4-3-10-5-6-13-7-10;/h8,10,13H,3-7H2,1-2H3,(H,15,17);1H. The smallest absolute Gasteiger partial charge is 0.224 e. The molecule has 1 aromatic rings. The van der Waals surface area contributed by atoms with Crippen LogP contribution in [-0.4, -0.2) is 28.8 Å². The number of anilines is 1. The molecule has 2 rings (SSSR count). The molecule has 1 aliphatic rings. The summed E-state index contributed by atoms with van der Waals surface area (Å²) in [7, 11) is 1.87. The number of nitrogens with one attached hydrogen (secondary N) is 2. The molecule has 0 bridgehead atoms. The lowest BCUT2D eigenvalue weighted by atomic mass is 10.0. The molecule has 18 heavy (non-hydrogen) atoms. The molecule has 1 amide bonds. The quantitative estimate of drug-likeness (QED) is 0.873. The van der Waals surface area contributed by atoms with Crippen LogP contribution in [0.1, 0.15) is 25.0 Å². The van der Waals surface area contributed by atoms with E-state index in [9.17, 15) is 4.79 Å². The van der Waals surface area contributed by atoms with E-state index in [2.05, 4.69) is 15.7 Å². The van der Waals surface area contributed by atoms with Gasteiger partial charge in [-0.05, 0) is 38.8 Å². The Hall–Kier alpha value is -1.07. The number of aromatic nitrogens is 2. The summed E-state index contributed by atoms with van der Waals surface area (Å²) in [6.45, 7) is 4.09. The molecule has 1 unspecified atom stereocenters. The van der Waals surface area contributed by atoms with Crippen LogP contribution >= 0.6 is 12.4 Å². The fourth-order valence-electron chi connectivity index (χ4n) is 2.13. The summed E-state index contributed by atoms with van der Waals surface area (Å²) in [5, 5.41) is 10.3. The predicted molar refractivity (Wildman–Crippen MR) is 74.0 cm³/mol. The second-order valence-corrected chi connectivity index (χ2v) is 4.71. The van der Waals surface area contributed by atoms with Gasteiger partial charge in [-0.3, -0.25) is 9.48 Å². The van der Waals surface area contributed by atoms with Gasteiger partial charge in [0.1, 0.15) is 0 Å². The zero-order valence-corrected chi connectivity index (χ0v) is 11.7. The molecule has 1 fully saturated rings. The third kappa shape index (κ3) is 3.71. The topological polar surface area (TPSA) is 59.0 Å². The summed E-state index contributed by atoms with van der Waals surface area (Å²) in [6, 6.07) is 0. The van der Waals surface area contributed by atoms with Crippen molar-refractivity contribution in [2.45, 2.75) is 26.2 Å². The summed E-state index contributed by atoms with van der Waals surface area (Å²) in [5.74, 6) is 0.753. The lowest BCUT2D eigenvalue weighted by molar-refractivity contribution is -0.116. The van der Waals surface area contributed by atoms with Gasteiger partial charge in [0.25, 0.3) is 0 Å². The van der Waals surface area contributed by atoms with E-state index in [4.69, 9.17) is 0 Å². The predicted octanol–water partition coefficient (Wildman–Crippen LogP) is 1.48. The Morgan fingerprint density at radius 2 is 2.44 bits per heavy atom. The van der Waals surface area contributed by atoms with E-state index in [1.807, 2.05) is 14.0 Å². The number of hydrogen-bond acceptors (Lipinski definition) is 3.